The van der Waals surface area contributed by atoms with E-state index in [1.807, 2.05) is 12.1 Å². The van der Waals surface area contributed by atoms with Gasteiger partial charge in [0.25, 0.3) is 0 Å². The zero-order valence-electron chi connectivity index (χ0n) is 11.8. The summed E-state index contributed by atoms with van der Waals surface area (Å²) in [7, 11) is -2.58. The molecular weight excluding hydrogens is 262 g/mol. The predicted octanol–water partition coefficient (Wildman–Crippen LogP) is 4.81. The first-order chi connectivity index (χ1) is 7.62. The molecule has 0 aromatic heterocycles. The molecule has 1 rings (SSSR count). The first kappa shape index (κ1) is 15.0. The summed E-state index contributed by atoms with van der Waals surface area (Å²) in [5.74, 6) is 0. The van der Waals surface area contributed by atoms with Crippen LogP contribution < -0.4 is 0 Å². The van der Waals surface area contributed by atoms with Crippen LogP contribution in [0.3, 0.4) is 0 Å². The zero-order valence-corrected chi connectivity index (χ0v) is 14.6. The first-order valence-corrected chi connectivity index (χ1v) is 13.4. The van der Waals surface area contributed by atoms with E-state index in [9.17, 15) is 0 Å². The quantitative estimate of drug-likeness (QED) is 0.718. The first-order valence-electron chi connectivity index (χ1n) is 6.13. The molecule has 0 saturated carbocycles. The molecule has 1 aromatic carbocycles. The van der Waals surface area contributed by atoms with Crippen molar-refractivity contribution >= 4 is 28.1 Å². The molecule has 0 amide bonds. The van der Waals surface area contributed by atoms with E-state index in [2.05, 4.69) is 55.6 Å². The van der Waals surface area contributed by atoms with Crippen LogP contribution in [0.5, 0.6) is 0 Å². The summed E-state index contributed by atoms with van der Waals surface area (Å²) < 4.78 is 2.75. The predicted molar refractivity (Wildman–Crippen MR) is 83.7 cm³/mol. The van der Waals surface area contributed by atoms with E-state index in [0.717, 1.165) is 11.6 Å². The summed E-state index contributed by atoms with van der Waals surface area (Å²) in [6, 6.07) is 8.21. The van der Waals surface area contributed by atoms with Gasteiger partial charge >= 0.3 is 0 Å². The normalized spacial score (nSPS) is 13.2. The smallest absolute Gasteiger partial charge is 0.112 e. The lowest BCUT2D eigenvalue weighted by Gasteiger charge is -2.43. The van der Waals surface area contributed by atoms with Crippen LogP contribution in [-0.2, 0) is 6.54 Å². The fourth-order valence-corrected chi connectivity index (χ4v) is 11.8. The molecule has 17 heavy (non-hydrogen) atoms. The molecule has 0 heterocycles. The minimum absolute atomic E-state index is 0.897. The van der Waals surface area contributed by atoms with Gasteiger partial charge in [-0.15, -0.1) is 0 Å². The number of nitrogens with zero attached hydrogens (tertiary/aromatic N) is 1. The Morgan fingerprint density at radius 3 is 1.82 bits per heavy atom. The highest BCUT2D eigenvalue weighted by Gasteiger charge is 2.34. The van der Waals surface area contributed by atoms with Crippen LogP contribution >= 0.6 is 11.6 Å². The average Bonchev–Trinajstić information content (AvgIpc) is 2.12. The summed E-state index contributed by atoms with van der Waals surface area (Å²) in [6.45, 7) is 15.5. The van der Waals surface area contributed by atoms with Gasteiger partial charge in [-0.1, -0.05) is 69.1 Å². The Hall–Kier alpha value is -0.0962. The van der Waals surface area contributed by atoms with E-state index < -0.39 is 16.5 Å². The lowest BCUT2D eigenvalue weighted by atomic mass is 10.2. The SMILES string of the molecule is C[Si](C)(C)N(Cc1ccccc1Cl)[Si](C)(C)C. The van der Waals surface area contributed by atoms with Gasteiger partial charge in [0.15, 0.2) is 0 Å². The summed E-state index contributed by atoms with van der Waals surface area (Å²) in [5.41, 5.74) is 1.26. The van der Waals surface area contributed by atoms with Gasteiger partial charge in [0.1, 0.15) is 16.5 Å². The second kappa shape index (κ2) is 5.26. The third kappa shape index (κ3) is 4.25. The molecule has 0 aliphatic rings. The topological polar surface area (TPSA) is 3.24 Å². The molecule has 0 saturated heterocycles. The Labute approximate surface area is 113 Å². The van der Waals surface area contributed by atoms with Gasteiger partial charge in [-0.3, -0.25) is 0 Å². The number of benzene rings is 1. The highest BCUT2D eigenvalue weighted by atomic mass is 35.5. The second-order valence-corrected chi connectivity index (χ2v) is 17.1. The number of rotatable bonds is 4. The standard InChI is InChI=1S/C13H24ClNSi2/c1-16(2,3)15(17(4,5)6)11-12-9-7-8-10-13(12)14/h7-10H,11H2,1-6H3. The lowest BCUT2D eigenvalue weighted by molar-refractivity contribution is 0.612. The molecule has 0 atom stereocenters. The van der Waals surface area contributed by atoms with Crippen molar-refractivity contribution in [2.75, 3.05) is 0 Å². The van der Waals surface area contributed by atoms with Gasteiger partial charge in [0.05, 0.1) is 0 Å². The van der Waals surface area contributed by atoms with Gasteiger partial charge < -0.3 is 4.23 Å². The Morgan fingerprint density at radius 2 is 1.41 bits per heavy atom. The van der Waals surface area contributed by atoms with Crippen LogP contribution in [0.25, 0.3) is 0 Å². The summed E-state index contributed by atoms with van der Waals surface area (Å²) in [5, 5.41) is 0.897. The van der Waals surface area contributed by atoms with Crippen molar-refractivity contribution in [3.63, 3.8) is 0 Å². The van der Waals surface area contributed by atoms with Crippen molar-refractivity contribution in [1.29, 1.82) is 0 Å². The molecule has 0 unspecified atom stereocenters. The maximum atomic E-state index is 6.27. The Morgan fingerprint density at radius 1 is 0.941 bits per heavy atom. The van der Waals surface area contributed by atoms with Crippen LogP contribution in [0.2, 0.25) is 44.3 Å². The van der Waals surface area contributed by atoms with Gasteiger partial charge in [-0.05, 0) is 11.6 Å². The minimum Gasteiger partial charge on any atom is -0.342 e. The molecule has 0 radical (unpaired) electrons. The van der Waals surface area contributed by atoms with Crippen LogP contribution in [0.4, 0.5) is 0 Å². The van der Waals surface area contributed by atoms with Crippen molar-refractivity contribution in [2.45, 2.75) is 45.8 Å². The van der Waals surface area contributed by atoms with Crippen molar-refractivity contribution in [3.05, 3.63) is 34.9 Å². The Bertz CT molecular complexity index is 366. The number of hydrogen-bond donors (Lipinski definition) is 0. The maximum Gasteiger partial charge on any atom is 0.112 e. The average molecular weight is 286 g/mol. The third-order valence-corrected chi connectivity index (χ3v) is 10.9. The Balaban J connectivity index is 3.00. The van der Waals surface area contributed by atoms with E-state index in [0.29, 0.717) is 0 Å². The molecule has 0 aliphatic heterocycles. The van der Waals surface area contributed by atoms with E-state index in [1.54, 1.807) is 0 Å². The fraction of sp³-hybridized carbons (Fsp3) is 0.538. The largest absolute Gasteiger partial charge is 0.342 e. The molecule has 0 fully saturated rings. The Kier molecular flexibility index (Phi) is 4.63. The molecule has 96 valence electrons. The molecule has 0 aliphatic carbocycles. The molecule has 0 N–H and O–H groups in total. The van der Waals surface area contributed by atoms with Crippen LogP contribution in [0.15, 0.2) is 24.3 Å². The zero-order chi connectivity index (χ0) is 13.3. The van der Waals surface area contributed by atoms with Gasteiger partial charge in [-0.25, -0.2) is 0 Å². The van der Waals surface area contributed by atoms with Gasteiger partial charge in [0, 0.05) is 11.6 Å². The van der Waals surface area contributed by atoms with E-state index >= 15 is 0 Å². The van der Waals surface area contributed by atoms with Crippen LogP contribution in [0, 0.1) is 0 Å². The highest BCUT2D eigenvalue weighted by molar-refractivity contribution is 6.89. The molecule has 1 aromatic rings. The summed E-state index contributed by atoms with van der Waals surface area (Å²) in [4.78, 5) is 0. The molecule has 0 bridgehead atoms. The van der Waals surface area contributed by atoms with E-state index in [1.165, 1.54) is 5.56 Å². The van der Waals surface area contributed by atoms with E-state index in [-0.39, 0.29) is 0 Å². The molecular formula is C13H24ClNSi2. The number of hydrogen-bond acceptors (Lipinski definition) is 1. The monoisotopic (exact) mass is 285 g/mol. The fourth-order valence-electron chi connectivity index (χ4n) is 2.28. The van der Waals surface area contributed by atoms with Crippen LogP contribution in [-0.4, -0.2) is 20.7 Å². The summed E-state index contributed by atoms with van der Waals surface area (Å²) >= 11 is 6.27. The molecule has 1 nitrogen and oxygen atoms in total. The number of halogens is 1. The van der Waals surface area contributed by atoms with Crippen molar-refractivity contribution < 1.29 is 0 Å². The lowest BCUT2D eigenvalue weighted by Crippen LogP contribution is -2.58. The minimum atomic E-state index is -1.29. The van der Waals surface area contributed by atoms with E-state index in [4.69, 9.17) is 11.6 Å². The third-order valence-electron chi connectivity index (χ3n) is 2.91. The molecule has 4 heteroatoms. The molecule has 0 spiro atoms. The summed E-state index contributed by atoms with van der Waals surface area (Å²) in [6.07, 6.45) is 0. The van der Waals surface area contributed by atoms with Crippen molar-refractivity contribution in [1.82, 2.24) is 4.23 Å². The van der Waals surface area contributed by atoms with Gasteiger partial charge in [-0.2, -0.15) is 0 Å². The van der Waals surface area contributed by atoms with Gasteiger partial charge in [0.2, 0.25) is 0 Å². The highest BCUT2D eigenvalue weighted by Crippen LogP contribution is 2.25. The van der Waals surface area contributed by atoms with Crippen molar-refractivity contribution in [3.8, 4) is 0 Å². The maximum absolute atomic E-state index is 6.27. The van der Waals surface area contributed by atoms with Crippen LogP contribution in [0.1, 0.15) is 5.56 Å². The second-order valence-electron chi connectivity index (χ2n) is 6.52. The van der Waals surface area contributed by atoms with Crippen molar-refractivity contribution in [2.24, 2.45) is 0 Å².